The minimum atomic E-state index is 0.726. The first-order chi connectivity index (χ1) is 4.31. The summed E-state index contributed by atoms with van der Waals surface area (Å²) in [4.78, 5) is 11.9. The molecular weight excluding hydrogens is 116 g/mol. The first-order valence-electron chi connectivity index (χ1n) is 3.16. The number of amides is 1. The van der Waals surface area contributed by atoms with Gasteiger partial charge in [-0.25, -0.2) is 0 Å². The Hall–Kier alpha value is -0.570. The molecule has 0 saturated carbocycles. The van der Waals surface area contributed by atoms with Crippen LogP contribution in [0.2, 0.25) is 0 Å². The monoisotopic (exact) mass is 130 g/mol. The van der Waals surface area contributed by atoms with Crippen molar-refractivity contribution in [2.75, 3.05) is 26.7 Å². The van der Waals surface area contributed by atoms with Crippen LogP contribution in [0.25, 0.3) is 0 Å². The molecule has 1 amide bonds. The zero-order chi connectivity index (χ0) is 7.11. The Kier molecular flexibility index (Phi) is 5.21. The van der Waals surface area contributed by atoms with E-state index in [4.69, 9.17) is 0 Å². The molecule has 0 aliphatic rings. The van der Waals surface area contributed by atoms with E-state index in [0.717, 1.165) is 26.0 Å². The lowest BCUT2D eigenvalue weighted by Gasteiger charge is -2.11. The molecule has 0 radical (unpaired) electrons. The highest BCUT2D eigenvalue weighted by atomic mass is 16.1. The van der Waals surface area contributed by atoms with Crippen molar-refractivity contribution in [2.24, 2.45) is 0 Å². The number of nitrogens with zero attached hydrogens (tertiary/aromatic N) is 1. The number of carbonyl (C=O) groups is 1. The largest absolute Gasteiger partial charge is 0.357 e. The van der Waals surface area contributed by atoms with E-state index in [1.807, 2.05) is 7.05 Å². The second-order valence-electron chi connectivity index (χ2n) is 1.97. The van der Waals surface area contributed by atoms with Crippen LogP contribution in [0.5, 0.6) is 0 Å². The van der Waals surface area contributed by atoms with Crippen molar-refractivity contribution < 1.29 is 4.79 Å². The van der Waals surface area contributed by atoms with Gasteiger partial charge in [-0.1, -0.05) is 6.92 Å². The van der Waals surface area contributed by atoms with Gasteiger partial charge in [-0.15, -0.1) is 0 Å². The van der Waals surface area contributed by atoms with Crippen LogP contribution in [-0.4, -0.2) is 38.0 Å². The van der Waals surface area contributed by atoms with Gasteiger partial charge < -0.3 is 10.2 Å². The Morgan fingerprint density at radius 2 is 2.33 bits per heavy atom. The predicted octanol–water partition coefficient (Wildman–Crippen LogP) is -0.316. The molecule has 3 nitrogen and oxygen atoms in total. The topological polar surface area (TPSA) is 32.3 Å². The third kappa shape index (κ3) is 5.30. The quantitative estimate of drug-likeness (QED) is 0.409. The van der Waals surface area contributed by atoms with Crippen molar-refractivity contribution in [2.45, 2.75) is 6.92 Å². The molecule has 0 saturated heterocycles. The van der Waals surface area contributed by atoms with Crippen LogP contribution in [0.3, 0.4) is 0 Å². The van der Waals surface area contributed by atoms with Gasteiger partial charge in [0.1, 0.15) is 0 Å². The number of likely N-dealkylation sites (N-methyl/N-ethyl adjacent to an activating group) is 1. The fraction of sp³-hybridized carbons (Fsp3) is 0.833. The minimum absolute atomic E-state index is 0.726. The van der Waals surface area contributed by atoms with Gasteiger partial charge in [0, 0.05) is 13.1 Å². The summed E-state index contributed by atoms with van der Waals surface area (Å²) in [5.41, 5.74) is 0. The third-order valence-electron chi connectivity index (χ3n) is 1.26. The van der Waals surface area contributed by atoms with E-state index in [-0.39, 0.29) is 0 Å². The highest BCUT2D eigenvalue weighted by molar-refractivity contribution is 5.45. The first kappa shape index (κ1) is 8.43. The Morgan fingerprint density at radius 3 is 2.78 bits per heavy atom. The summed E-state index contributed by atoms with van der Waals surface area (Å²) < 4.78 is 0. The molecule has 0 heterocycles. The van der Waals surface area contributed by atoms with Gasteiger partial charge in [0.15, 0.2) is 0 Å². The van der Waals surface area contributed by atoms with E-state index in [0.29, 0.717) is 0 Å². The molecule has 0 bridgehead atoms. The van der Waals surface area contributed by atoms with Crippen molar-refractivity contribution in [3.63, 3.8) is 0 Å². The average molecular weight is 130 g/mol. The maximum absolute atomic E-state index is 9.75. The van der Waals surface area contributed by atoms with Crippen LogP contribution in [0.1, 0.15) is 6.92 Å². The van der Waals surface area contributed by atoms with E-state index in [1.165, 1.54) is 0 Å². The smallest absolute Gasteiger partial charge is 0.207 e. The molecule has 1 N–H and O–H groups in total. The predicted molar refractivity (Wildman–Crippen MR) is 37.2 cm³/mol. The number of carbonyl (C=O) groups excluding carboxylic acids is 1. The van der Waals surface area contributed by atoms with E-state index < -0.39 is 0 Å². The van der Waals surface area contributed by atoms with E-state index >= 15 is 0 Å². The van der Waals surface area contributed by atoms with E-state index in [9.17, 15) is 4.79 Å². The standard InChI is InChI=1S/C6H14N2O/c1-3-8(2)5-4-7-6-9/h6H,3-5H2,1-2H3,(H,7,9). The van der Waals surface area contributed by atoms with Crippen LogP contribution in [0.15, 0.2) is 0 Å². The van der Waals surface area contributed by atoms with Gasteiger partial charge in [-0.3, -0.25) is 4.79 Å². The molecule has 9 heavy (non-hydrogen) atoms. The van der Waals surface area contributed by atoms with Crippen LogP contribution in [0, 0.1) is 0 Å². The molecule has 0 atom stereocenters. The SMILES string of the molecule is CCN(C)CCNC=O. The maximum atomic E-state index is 9.75. The summed E-state index contributed by atoms with van der Waals surface area (Å²) in [6, 6.07) is 0. The van der Waals surface area contributed by atoms with Crippen LogP contribution >= 0.6 is 0 Å². The minimum Gasteiger partial charge on any atom is -0.357 e. The Bertz CT molecular complexity index is 75.5. The lowest BCUT2D eigenvalue weighted by Crippen LogP contribution is -2.28. The molecule has 0 aromatic rings. The summed E-state index contributed by atoms with van der Waals surface area (Å²) >= 11 is 0. The molecule has 0 rings (SSSR count). The Labute approximate surface area is 56.0 Å². The number of hydrogen-bond donors (Lipinski definition) is 1. The lowest BCUT2D eigenvalue weighted by atomic mass is 10.5. The fourth-order valence-corrected chi connectivity index (χ4v) is 0.472. The van der Waals surface area contributed by atoms with Crippen molar-refractivity contribution >= 4 is 6.41 Å². The fourth-order valence-electron chi connectivity index (χ4n) is 0.472. The molecule has 0 aliphatic carbocycles. The molecule has 0 aromatic carbocycles. The Balaban J connectivity index is 2.96. The average Bonchev–Trinajstić information content (AvgIpc) is 1.89. The van der Waals surface area contributed by atoms with Gasteiger partial charge in [-0.05, 0) is 13.6 Å². The van der Waals surface area contributed by atoms with Gasteiger partial charge in [0.2, 0.25) is 6.41 Å². The molecule has 0 unspecified atom stereocenters. The lowest BCUT2D eigenvalue weighted by molar-refractivity contribution is -0.109. The summed E-state index contributed by atoms with van der Waals surface area (Å²) in [6.07, 6.45) is 0.726. The molecule has 3 heteroatoms. The summed E-state index contributed by atoms with van der Waals surface area (Å²) in [5, 5.41) is 2.59. The zero-order valence-electron chi connectivity index (χ0n) is 6.05. The van der Waals surface area contributed by atoms with E-state index in [2.05, 4.69) is 17.1 Å². The Morgan fingerprint density at radius 1 is 1.67 bits per heavy atom. The normalized spacial score (nSPS) is 9.67. The number of nitrogens with one attached hydrogen (secondary N) is 1. The maximum Gasteiger partial charge on any atom is 0.207 e. The zero-order valence-corrected chi connectivity index (χ0v) is 6.05. The summed E-state index contributed by atoms with van der Waals surface area (Å²) in [7, 11) is 2.02. The second kappa shape index (κ2) is 5.56. The van der Waals surface area contributed by atoms with Crippen LogP contribution < -0.4 is 5.32 Å². The first-order valence-corrected chi connectivity index (χ1v) is 3.16. The molecule has 0 spiro atoms. The molecule has 0 aliphatic heterocycles. The molecule has 0 aromatic heterocycles. The highest BCUT2D eigenvalue weighted by Gasteiger charge is 1.90. The van der Waals surface area contributed by atoms with E-state index in [1.54, 1.807) is 0 Å². The summed E-state index contributed by atoms with van der Waals surface area (Å²) in [5.74, 6) is 0. The second-order valence-corrected chi connectivity index (χ2v) is 1.97. The molecule has 54 valence electrons. The van der Waals surface area contributed by atoms with Gasteiger partial charge in [0.05, 0.1) is 0 Å². The molecular formula is C6H14N2O. The van der Waals surface area contributed by atoms with Gasteiger partial charge in [0.25, 0.3) is 0 Å². The number of rotatable bonds is 5. The van der Waals surface area contributed by atoms with Crippen molar-refractivity contribution in [1.29, 1.82) is 0 Å². The highest BCUT2D eigenvalue weighted by Crippen LogP contribution is 1.75. The van der Waals surface area contributed by atoms with Crippen molar-refractivity contribution in [3.05, 3.63) is 0 Å². The van der Waals surface area contributed by atoms with Gasteiger partial charge >= 0.3 is 0 Å². The number of hydrogen-bond acceptors (Lipinski definition) is 2. The van der Waals surface area contributed by atoms with Gasteiger partial charge in [-0.2, -0.15) is 0 Å². The van der Waals surface area contributed by atoms with Crippen molar-refractivity contribution in [1.82, 2.24) is 10.2 Å². The van der Waals surface area contributed by atoms with Crippen LogP contribution in [-0.2, 0) is 4.79 Å². The van der Waals surface area contributed by atoms with Crippen molar-refractivity contribution in [3.8, 4) is 0 Å². The summed E-state index contributed by atoms with van der Waals surface area (Å²) in [6.45, 7) is 4.78. The van der Waals surface area contributed by atoms with Crippen LogP contribution in [0.4, 0.5) is 0 Å². The molecule has 0 fully saturated rings. The third-order valence-corrected chi connectivity index (χ3v) is 1.26.